The molecule has 2 rings (SSSR count). The summed E-state index contributed by atoms with van der Waals surface area (Å²) in [6.07, 6.45) is 1.28. The molecule has 2 heterocycles. The third kappa shape index (κ3) is 3.50. The van der Waals surface area contributed by atoms with Crippen molar-refractivity contribution in [3.63, 3.8) is 0 Å². The Morgan fingerprint density at radius 3 is 2.70 bits per heavy atom. The quantitative estimate of drug-likeness (QED) is 0.852. The Bertz CT molecular complexity index is 475. The van der Waals surface area contributed by atoms with Gasteiger partial charge in [0.15, 0.2) is 0 Å². The van der Waals surface area contributed by atoms with Crippen LogP contribution < -0.4 is 11.1 Å². The second-order valence-corrected chi connectivity index (χ2v) is 5.05. The fourth-order valence-corrected chi connectivity index (χ4v) is 2.43. The van der Waals surface area contributed by atoms with Gasteiger partial charge in [0.2, 0.25) is 5.91 Å². The Kier molecular flexibility index (Phi) is 5.98. The van der Waals surface area contributed by atoms with E-state index in [4.69, 9.17) is 10.5 Å². The molecule has 1 aromatic heterocycles. The predicted molar refractivity (Wildman–Crippen MR) is 78.7 cm³/mol. The number of carbonyl (C=O) groups is 1. The van der Waals surface area contributed by atoms with E-state index in [0.29, 0.717) is 13.1 Å². The molecule has 0 radical (unpaired) electrons. The van der Waals surface area contributed by atoms with Crippen LogP contribution in [-0.4, -0.2) is 34.4 Å². The van der Waals surface area contributed by atoms with Gasteiger partial charge in [-0.3, -0.25) is 9.48 Å². The molecular formula is C13H23ClN4O2. The second-order valence-electron chi connectivity index (χ2n) is 5.05. The molecule has 0 saturated carbocycles. The van der Waals surface area contributed by atoms with Gasteiger partial charge >= 0.3 is 0 Å². The number of nitrogens with one attached hydrogen (secondary N) is 1. The maximum atomic E-state index is 12.0. The Morgan fingerprint density at radius 2 is 2.20 bits per heavy atom. The average molecular weight is 303 g/mol. The minimum Gasteiger partial charge on any atom is -0.364 e. The van der Waals surface area contributed by atoms with Crippen LogP contribution in [0.25, 0.3) is 0 Å². The highest BCUT2D eigenvalue weighted by atomic mass is 35.5. The largest absolute Gasteiger partial charge is 0.364 e. The minimum absolute atomic E-state index is 0. The Morgan fingerprint density at radius 1 is 1.50 bits per heavy atom. The number of aryl methyl sites for hydroxylation is 2. The zero-order valence-electron chi connectivity index (χ0n) is 12.2. The van der Waals surface area contributed by atoms with Crippen LogP contribution in [0.3, 0.4) is 0 Å². The summed E-state index contributed by atoms with van der Waals surface area (Å²) in [7, 11) is 1.90. The molecule has 114 valence electrons. The minimum atomic E-state index is -0.356. The van der Waals surface area contributed by atoms with Gasteiger partial charge in [0.1, 0.15) is 6.10 Å². The molecule has 1 aliphatic rings. The number of carbonyl (C=O) groups excluding carboxylic acids is 1. The second kappa shape index (κ2) is 7.06. The van der Waals surface area contributed by atoms with Gasteiger partial charge < -0.3 is 15.8 Å². The molecule has 1 amide bonds. The topological polar surface area (TPSA) is 82.2 Å². The molecule has 3 N–H and O–H groups in total. The molecule has 20 heavy (non-hydrogen) atoms. The molecule has 0 spiro atoms. The first-order chi connectivity index (χ1) is 9.02. The molecule has 7 heteroatoms. The van der Waals surface area contributed by atoms with E-state index in [1.165, 1.54) is 0 Å². The molecule has 0 aliphatic carbocycles. The van der Waals surface area contributed by atoms with Crippen LogP contribution in [0.4, 0.5) is 0 Å². The summed E-state index contributed by atoms with van der Waals surface area (Å²) in [5.41, 5.74) is 8.63. The number of hydrogen-bond acceptors (Lipinski definition) is 4. The maximum Gasteiger partial charge on any atom is 0.249 e. The van der Waals surface area contributed by atoms with Crippen molar-refractivity contribution in [1.29, 1.82) is 0 Å². The lowest BCUT2D eigenvalue weighted by Gasteiger charge is -2.12. The van der Waals surface area contributed by atoms with Crippen LogP contribution in [0, 0.1) is 13.8 Å². The van der Waals surface area contributed by atoms with E-state index >= 15 is 0 Å². The number of hydrogen-bond donors (Lipinski definition) is 2. The third-order valence-electron chi connectivity index (χ3n) is 3.76. The number of ether oxygens (including phenoxy) is 1. The van der Waals surface area contributed by atoms with E-state index in [1.807, 2.05) is 25.6 Å². The molecular weight excluding hydrogens is 280 g/mol. The molecule has 1 aliphatic heterocycles. The van der Waals surface area contributed by atoms with Crippen molar-refractivity contribution in [3.8, 4) is 0 Å². The lowest BCUT2D eigenvalue weighted by atomic mass is 10.1. The summed E-state index contributed by atoms with van der Waals surface area (Å²) >= 11 is 0. The number of rotatable bonds is 4. The molecule has 2 atom stereocenters. The van der Waals surface area contributed by atoms with Crippen LogP contribution in [0.5, 0.6) is 0 Å². The van der Waals surface area contributed by atoms with E-state index in [9.17, 15) is 4.79 Å². The summed E-state index contributed by atoms with van der Waals surface area (Å²) < 4.78 is 7.40. The van der Waals surface area contributed by atoms with Gasteiger partial charge in [0, 0.05) is 31.4 Å². The van der Waals surface area contributed by atoms with Crippen LogP contribution in [0.15, 0.2) is 0 Å². The van der Waals surface area contributed by atoms with Gasteiger partial charge in [-0.15, -0.1) is 12.4 Å². The van der Waals surface area contributed by atoms with Crippen LogP contribution in [0.1, 0.15) is 29.8 Å². The van der Waals surface area contributed by atoms with Gasteiger partial charge in [-0.05, 0) is 26.7 Å². The van der Waals surface area contributed by atoms with E-state index in [-0.39, 0.29) is 30.5 Å². The normalized spacial score (nSPS) is 21.6. The predicted octanol–water partition coefficient (Wildman–Crippen LogP) is 0.581. The van der Waals surface area contributed by atoms with Gasteiger partial charge in [0.05, 0.1) is 11.8 Å². The van der Waals surface area contributed by atoms with Gasteiger partial charge in [-0.1, -0.05) is 0 Å². The maximum absolute atomic E-state index is 12.0. The Hall–Kier alpha value is -1.11. The SMILES string of the molecule is Cc1nn(C)c(C)c1CNC(=O)[C@@H]1CC[C@H](CN)O1.Cl. The molecule has 0 aromatic carbocycles. The highest BCUT2D eigenvalue weighted by Gasteiger charge is 2.29. The molecule has 1 fully saturated rings. The summed E-state index contributed by atoms with van der Waals surface area (Å²) in [6.45, 7) is 4.92. The third-order valence-corrected chi connectivity index (χ3v) is 3.76. The van der Waals surface area contributed by atoms with E-state index in [2.05, 4.69) is 10.4 Å². The fourth-order valence-electron chi connectivity index (χ4n) is 2.43. The van der Waals surface area contributed by atoms with Crippen LogP contribution in [0.2, 0.25) is 0 Å². The van der Waals surface area contributed by atoms with E-state index in [1.54, 1.807) is 0 Å². The van der Waals surface area contributed by atoms with Gasteiger partial charge in [-0.25, -0.2) is 0 Å². The average Bonchev–Trinajstić information content (AvgIpc) is 2.94. The Labute approximate surface area is 125 Å². The smallest absolute Gasteiger partial charge is 0.249 e. The number of halogens is 1. The van der Waals surface area contributed by atoms with Crippen molar-refractivity contribution in [2.75, 3.05) is 6.54 Å². The van der Waals surface area contributed by atoms with Crippen molar-refractivity contribution in [2.24, 2.45) is 12.8 Å². The molecule has 0 unspecified atom stereocenters. The standard InChI is InChI=1S/C13H22N4O2.ClH/c1-8-11(9(2)17(3)16-8)7-15-13(18)12-5-4-10(6-14)19-12;/h10,12H,4-7,14H2,1-3H3,(H,15,18);1H/t10-,12+;/m1./s1. The number of aromatic nitrogens is 2. The molecule has 0 bridgehead atoms. The van der Waals surface area contributed by atoms with Crippen molar-refractivity contribution in [1.82, 2.24) is 15.1 Å². The number of amides is 1. The molecule has 1 aromatic rings. The zero-order valence-corrected chi connectivity index (χ0v) is 13.0. The first-order valence-electron chi connectivity index (χ1n) is 6.65. The summed E-state index contributed by atoms with van der Waals surface area (Å²) in [5.74, 6) is -0.0568. The van der Waals surface area contributed by atoms with Crippen LogP contribution in [-0.2, 0) is 23.1 Å². The summed E-state index contributed by atoms with van der Waals surface area (Å²) in [4.78, 5) is 12.0. The summed E-state index contributed by atoms with van der Waals surface area (Å²) in [5, 5.41) is 7.25. The van der Waals surface area contributed by atoms with Crippen molar-refractivity contribution in [2.45, 2.75) is 45.4 Å². The van der Waals surface area contributed by atoms with Crippen molar-refractivity contribution in [3.05, 3.63) is 17.0 Å². The van der Waals surface area contributed by atoms with Gasteiger partial charge in [-0.2, -0.15) is 5.10 Å². The van der Waals surface area contributed by atoms with Crippen molar-refractivity contribution < 1.29 is 9.53 Å². The number of nitrogens with zero attached hydrogens (tertiary/aromatic N) is 2. The Balaban J connectivity index is 0.00000200. The van der Waals surface area contributed by atoms with E-state index < -0.39 is 0 Å². The monoisotopic (exact) mass is 302 g/mol. The zero-order chi connectivity index (χ0) is 14.0. The summed E-state index contributed by atoms with van der Waals surface area (Å²) in [6, 6.07) is 0. The lowest BCUT2D eigenvalue weighted by Crippen LogP contribution is -2.35. The molecule has 1 saturated heterocycles. The highest BCUT2D eigenvalue weighted by Crippen LogP contribution is 2.19. The van der Waals surface area contributed by atoms with Crippen LogP contribution >= 0.6 is 12.4 Å². The first-order valence-corrected chi connectivity index (χ1v) is 6.65. The van der Waals surface area contributed by atoms with E-state index in [0.717, 1.165) is 29.8 Å². The fraction of sp³-hybridized carbons (Fsp3) is 0.692. The first kappa shape index (κ1) is 16.9. The number of nitrogens with two attached hydrogens (primary N) is 1. The molecule has 6 nitrogen and oxygen atoms in total. The lowest BCUT2D eigenvalue weighted by molar-refractivity contribution is -0.132. The highest BCUT2D eigenvalue weighted by molar-refractivity contribution is 5.85. The van der Waals surface area contributed by atoms with Crippen molar-refractivity contribution >= 4 is 18.3 Å². The van der Waals surface area contributed by atoms with Gasteiger partial charge in [0.25, 0.3) is 0 Å².